The molecule has 0 saturated carbocycles. The molecule has 24 heavy (non-hydrogen) atoms. The maximum absolute atomic E-state index is 12.3. The Bertz CT molecular complexity index is 796. The Labute approximate surface area is 146 Å². The predicted molar refractivity (Wildman–Crippen MR) is 97.5 cm³/mol. The van der Waals surface area contributed by atoms with Gasteiger partial charge in [-0.3, -0.25) is 14.6 Å². The van der Waals surface area contributed by atoms with Crippen LogP contribution in [0.4, 0.5) is 0 Å². The van der Waals surface area contributed by atoms with Gasteiger partial charge in [-0.1, -0.05) is 43.7 Å². The SMILES string of the molecule is CCC[C@H](NC(=O)CCc1c(C)[nH]c(=S)[nH]c1=O)c1ccccc1. The summed E-state index contributed by atoms with van der Waals surface area (Å²) >= 11 is 4.93. The first-order valence-corrected chi connectivity index (χ1v) is 8.58. The molecule has 1 heterocycles. The third-order valence-corrected chi connectivity index (χ3v) is 4.18. The highest BCUT2D eigenvalue weighted by atomic mass is 32.1. The number of carbonyl (C=O) groups excluding carboxylic acids is 1. The smallest absolute Gasteiger partial charge is 0.255 e. The van der Waals surface area contributed by atoms with Crippen molar-refractivity contribution in [1.82, 2.24) is 15.3 Å². The predicted octanol–water partition coefficient (Wildman–Crippen LogP) is 3.33. The lowest BCUT2D eigenvalue weighted by molar-refractivity contribution is -0.121. The topological polar surface area (TPSA) is 77.8 Å². The molecule has 3 N–H and O–H groups in total. The minimum atomic E-state index is -0.225. The van der Waals surface area contributed by atoms with Gasteiger partial charge in [0.2, 0.25) is 5.91 Å². The summed E-state index contributed by atoms with van der Waals surface area (Å²) < 4.78 is 0.304. The number of benzene rings is 1. The van der Waals surface area contributed by atoms with E-state index in [1.807, 2.05) is 30.3 Å². The van der Waals surface area contributed by atoms with Crippen LogP contribution in [0.1, 0.15) is 49.0 Å². The summed E-state index contributed by atoms with van der Waals surface area (Å²) in [5.41, 5.74) is 2.16. The number of aryl methyl sites for hydroxylation is 1. The fourth-order valence-electron chi connectivity index (χ4n) is 2.73. The fourth-order valence-corrected chi connectivity index (χ4v) is 2.97. The minimum Gasteiger partial charge on any atom is -0.349 e. The number of rotatable bonds is 7. The van der Waals surface area contributed by atoms with Crippen LogP contribution in [0.3, 0.4) is 0 Å². The molecular weight excluding hydrogens is 322 g/mol. The van der Waals surface area contributed by atoms with Crippen LogP contribution in [0, 0.1) is 11.7 Å². The van der Waals surface area contributed by atoms with Crippen molar-refractivity contribution in [3.8, 4) is 0 Å². The lowest BCUT2D eigenvalue weighted by Crippen LogP contribution is -2.29. The summed E-state index contributed by atoms with van der Waals surface area (Å²) in [6, 6.07) is 9.95. The quantitative estimate of drug-likeness (QED) is 0.674. The van der Waals surface area contributed by atoms with E-state index in [1.54, 1.807) is 6.92 Å². The molecule has 1 aromatic heterocycles. The van der Waals surface area contributed by atoms with Crippen LogP contribution in [0.15, 0.2) is 35.1 Å². The summed E-state index contributed by atoms with van der Waals surface area (Å²) in [6.45, 7) is 3.89. The zero-order valence-corrected chi connectivity index (χ0v) is 14.8. The van der Waals surface area contributed by atoms with Gasteiger partial charge in [0.25, 0.3) is 5.56 Å². The Morgan fingerprint density at radius 3 is 2.58 bits per heavy atom. The van der Waals surface area contributed by atoms with Gasteiger partial charge in [0.1, 0.15) is 0 Å². The first-order chi connectivity index (χ1) is 11.5. The molecule has 0 aliphatic rings. The van der Waals surface area contributed by atoms with Crippen molar-refractivity contribution in [3.63, 3.8) is 0 Å². The largest absolute Gasteiger partial charge is 0.349 e. The average Bonchev–Trinajstić information content (AvgIpc) is 2.54. The van der Waals surface area contributed by atoms with Crippen molar-refractivity contribution < 1.29 is 4.79 Å². The molecule has 2 aromatic rings. The second kappa shape index (κ2) is 8.59. The van der Waals surface area contributed by atoms with E-state index in [1.165, 1.54) is 0 Å². The Kier molecular flexibility index (Phi) is 6.49. The summed E-state index contributed by atoms with van der Waals surface area (Å²) in [5.74, 6) is -0.0569. The molecule has 0 fully saturated rings. The Morgan fingerprint density at radius 1 is 1.25 bits per heavy atom. The van der Waals surface area contributed by atoms with Crippen LogP contribution in [0.2, 0.25) is 0 Å². The number of nitrogens with one attached hydrogen (secondary N) is 3. The summed E-state index contributed by atoms with van der Waals surface area (Å²) in [4.78, 5) is 29.7. The molecule has 5 nitrogen and oxygen atoms in total. The van der Waals surface area contributed by atoms with E-state index in [-0.39, 0.29) is 23.9 Å². The number of aromatic nitrogens is 2. The van der Waals surface area contributed by atoms with Gasteiger partial charge in [-0.15, -0.1) is 0 Å². The van der Waals surface area contributed by atoms with Gasteiger partial charge >= 0.3 is 0 Å². The van der Waals surface area contributed by atoms with Crippen LogP contribution in [0.25, 0.3) is 0 Å². The highest BCUT2D eigenvalue weighted by Crippen LogP contribution is 2.18. The molecule has 0 radical (unpaired) electrons. The van der Waals surface area contributed by atoms with Gasteiger partial charge in [-0.25, -0.2) is 0 Å². The Balaban J connectivity index is 2.02. The van der Waals surface area contributed by atoms with E-state index in [0.29, 0.717) is 22.4 Å². The second-order valence-corrected chi connectivity index (χ2v) is 6.24. The maximum Gasteiger partial charge on any atom is 0.255 e. The molecule has 0 spiro atoms. The first-order valence-electron chi connectivity index (χ1n) is 8.17. The van der Waals surface area contributed by atoms with Crippen molar-refractivity contribution in [1.29, 1.82) is 0 Å². The second-order valence-electron chi connectivity index (χ2n) is 5.83. The summed E-state index contributed by atoms with van der Waals surface area (Å²) in [5, 5.41) is 3.07. The molecule has 0 aliphatic carbocycles. The van der Waals surface area contributed by atoms with Crippen LogP contribution >= 0.6 is 12.2 Å². The molecule has 1 atom stereocenters. The van der Waals surface area contributed by atoms with Gasteiger partial charge in [0.15, 0.2) is 4.77 Å². The highest BCUT2D eigenvalue weighted by Gasteiger charge is 2.14. The number of amides is 1. The van der Waals surface area contributed by atoms with E-state index in [4.69, 9.17) is 12.2 Å². The van der Waals surface area contributed by atoms with Crippen molar-refractivity contribution >= 4 is 18.1 Å². The van der Waals surface area contributed by atoms with E-state index >= 15 is 0 Å². The maximum atomic E-state index is 12.3. The number of H-pyrrole nitrogens is 2. The van der Waals surface area contributed by atoms with E-state index in [2.05, 4.69) is 22.2 Å². The van der Waals surface area contributed by atoms with Crippen molar-refractivity contribution in [2.24, 2.45) is 0 Å². The third-order valence-electron chi connectivity index (χ3n) is 3.97. The molecule has 128 valence electrons. The van der Waals surface area contributed by atoms with Crippen LogP contribution in [0.5, 0.6) is 0 Å². The van der Waals surface area contributed by atoms with Gasteiger partial charge in [0.05, 0.1) is 6.04 Å². The number of carbonyl (C=O) groups is 1. The van der Waals surface area contributed by atoms with Gasteiger partial charge in [0, 0.05) is 17.7 Å². The molecule has 1 aromatic carbocycles. The van der Waals surface area contributed by atoms with Gasteiger partial charge in [-0.2, -0.15) is 0 Å². The number of hydrogen-bond donors (Lipinski definition) is 3. The van der Waals surface area contributed by atoms with Crippen molar-refractivity contribution in [2.45, 2.75) is 45.6 Å². The zero-order valence-electron chi connectivity index (χ0n) is 14.0. The lowest BCUT2D eigenvalue weighted by Gasteiger charge is -2.18. The van der Waals surface area contributed by atoms with Gasteiger partial charge < -0.3 is 10.3 Å². The lowest BCUT2D eigenvalue weighted by atomic mass is 10.0. The standard InChI is InChI=1S/C18H23N3O2S/c1-3-7-15(13-8-5-4-6-9-13)20-16(22)11-10-14-12(2)19-18(24)21-17(14)23/h4-6,8-9,15H,3,7,10-11H2,1-2H3,(H,20,22)(H2,19,21,23,24)/t15-/m0/s1. The summed E-state index contributed by atoms with van der Waals surface area (Å²) in [7, 11) is 0. The minimum absolute atomic E-state index is 0.00432. The van der Waals surface area contributed by atoms with E-state index in [0.717, 1.165) is 18.4 Å². The fraction of sp³-hybridized carbons (Fsp3) is 0.389. The molecule has 6 heteroatoms. The van der Waals surface area contributed by atoms with E-state index < -0.39 is 0 Å². The summed E-state index contributed by atoms with van der Waals surface area (Å²) in [6.07, 6.45) is 2.51. The number of aromatic amines is 2. The normalized spacial score (nSPS) is 11.9. The average molecular weight is 345 g/mol. The molecule has 2 rings (SSSR count). The van der Waals surface area contributed by atoms with Crippen LogP contribution in [-0.4, -0.2) is 15.9 Å². The zero-order chi connectivity index (χ0) is 17.5. The number of hydrogen-bond acceptors (Lipinski definition) is 3. The molecular formula is C18H23N3O2S. The molecule has 0 aliphatic heterocycles. The molecule has 0 bridgehead atoms. The van der Waals surface area contributed by atoms with Gasteiger partial charge in [-0.05, 0) is 37.5 Å². The van der Waals surface area contributed by atoms with Crippen molar-refractivity contribution in [2.75, 3.05) is 0 Å². The third kappa shape index (κ3) is 4.89. The molecule has 0 unspecified atom stereocenters. The van der Waals surface area contributed by atoms with Crippen molar-refractivity contribution in [3.05, 3.63) is 62.3 Å². The van der Waals surface area contributed by atoms with Crippen LogP contribution < -0.4 is 10.9 Å². The van der Waals surface area contributed by atoms with E-state index in [9.17, 15) is 9.59 Å². The van der Waals surface area contributed by atoms with Crippen LogP contribution in [-0.2, 0) is 11.2 Å². The first kappa shape index (κ1) is 18.1. The Hall–Kier alpha value is -2.21. The molecule has 0 saturated heterocycles. The highest BCUT2D eigenvalue weighted by molar-refractivity contribution is 7.71. The Morgan fingerprint density at radius 2 is 1.96 bits per heavy atom. The molecule has 1 amide bonds. The monoisotopic (exact) mass is 345 g/mol.